The van der Waals surface area contributed by atoms with E-state index in [2.05, 4.69) is 25.2 Å². The maximum atomic E-state index is 12.6. The van der Waals surface area contributed by atoms with Crippen LogP contribution in [0.2, 0.25) is 0 Å². The summed E-state index contributed by atoms with van der Waals surface area (Å²) in [5.41, 5.74) is 1.52. The number of nitrogens with one attached hydrogen (secondary N) is 1. The maximum absolute atomic E-state index is 12.6. The van der Waals surface area contributed by atoms with Gasteiger partial charge in [0.1, 0.15) is 0 Å². The molecule has 5 heteroatoms. The van der Waals surface area contributed by atoms with Crippen molar-refractivity contribution in [1.29, 1.82) is 0 Å². The molecule has 0 fully saturated rings. The smallest absolute Gasteiger partial charge is 0.312 e. The molecule has 1 N–H and O–H groups in total. The Kier molecular flexibility index (Phi) is 4.74. The Bertz CT molecular complexity index is 599. The minimum absolute atomic E-state index is 0.125. The van der Waals surface area contributed by atoms with E-state index in [1.54, 1.807) is 23.5 Å². The summed E-state index contributed by atoms with van der Waals surface area (Å²) in [5.74, 6) is 0. The van der Waals surface area contributed by atoms with E-state index < -0.39 is 11.7 Å². The van der Waals surface area contributed by atoms with Gasteiger partial charge < -0.3 is 5.32 Å². The number of hydrogen-bond acceptors (Lipinski definition) is 2. The van der Waals surface area contributed by atoms with E-state index in [9.17, 15) is 13.2 Å². The van der Waals surface area contributed by atoms with Crippen molar-refractivity contribution >= 4 is 11.3 Å². The van der Waals surface area contributed by atoms with Gasteiger partial charge in [-0.2, -0.15) is 13.2 Å². The van der Waals surface area contributed by atoms with Crippen LogP contribution in [-0.2, 0) is 12.6 Å². The molecule has 1 unspecified atom stereocenters. The molecule has 1 atom stereocenters. The fourth-order valence-electron chi connectivity index (χ4n) is 2.40. The summed E-state index contributed by atoms with van der Waals surface area (Å²) in [6.07, 6.45) is -3.60. The van der Waals surface area contributed by atoms with Crippen LogP contribution in [0.5, 0.6) is 0 Å². The number of rotatable bonds is 4. The molecule has 0 radical (unpaired) electrons. The van der Waals surface area contributed by atoms with Gasteiger partial charge in [-0.3, -0.25) is 0 Å². The zero-order chi connectivity index (χ0) is 15.6. The van der Waals surface area contributed by atoms with Crippen molar-refractivity contribution in [1.82, 2.24) is 5.32 Å². The topological polar surface area (TPSA) is 12.0 Å². The summed E-state index contributed by atoms with van der Waals surface area (Å²) < 4.78 is 37.7. The second-order valence-corrected chi connectivity index (χ2v) is 6.43. The van der Waals surface area contributed by atoms with Crippen molar-refractivity contribution in [2.24, 2.45) is 0 Å². The third-order valence-electron chi connectivity index (χ3n) is 3.47. The van der Waals surface area contributed by atoms with Crippen molar-refractivity contribution in [3.63, 3.8) is 0 Å². The number of halogens is 3. The second-order valence-electron chi connectivity index (χ2n) is 5.14. The molecule has 0 saturated carbocycles. The van der Waals surface area contributed by atoms with Crippen LogP contribution < -0.4 is 5.32 Å². The van der Waals surface area contributed by atoms with Crippen molar-refractivity contribution in [3.05, 3.63) is 56.8 Å². The standard InChI is InChI=1S/C16H18F3NS/c1-10-8-11(2)21-15(10)14(20-3)9-12-4-6-13(7-5-12)16(17,18)19/h4-8,14,20H,9H2,1-3H3. The molecule has 0 spiro atoms. The van der Waals surface area contributed by atoms with Gasteiger partial charge in [0.2, 0.25) is 0 Å². The molecular weight excluding hydrogens is 295 g/mol. The van der Waals surface area contributed by atoms with Crippen LogP contribution in [0.4, 0.5) is 13.2 Å². The molecule has 0 aliphatic carbocycles. The lowest BCUT2D eigenvalue weighted by Gasteiger charge is -2.16. The summed E-state index contributed by atoms with van der Waals surface area (Å²) in [4.78, 5) is 2.49. The lowest BCUT2D eigenvalue weighted by atomic mass is 10.0. The van der Waals surface area contributed by atoms with Gasteiger partial charge in [0.05, 0.1) is 5.56 Å². The predicted molar refractivity (Wildman–Crippen MR) is 80.7 cm³/mol. The van der Waals surface area contributed by atoms with Crippen LogP contribution >= 0.6 is 11.3 Å². The van der Waals surface area contributed by atoms with Crippen molar-refractivity contribution in [3.8, 4) is 0 Å². The quantitative estimate of drug-likeness (QED) is 0.847. The molecule has 1 aromatic carbocycles. The van der Waals surface area contributed by atoms with E-state index in [0.29, 0.717) is 6.42 Å². The Balaban J connectivity index is 2.17. The zero-order valence-corrected chi connectivity index (χ0v) is 13.0. The van der Waals surface area contributed by atoms with Crippen molar-refractivity contribution < 1.29 is 13.2 Å². The Morgan fingerprint density at radius 1 is 1.14 bits per heavy atom. The van der Waals surface area contributed by atoms with Crippen LogP contribution in [0.1, 0.15) is 32.5 Å². The van der Waals surface area contributed by atoms with E-state index in [0.717, 1.165) is 17.7 Å². The van der Waals surface area contributed by atoms with E-state index in [1.165, 1.54) is 15.3 Å². The molecule has 2 aromatic rings. The van der Waals surface area contributed by atoms with Gasteiger partial charge >= 0.3 is 6.18 Å². The monoisotopic (exact) mass is 313 g/mol. The highest BCUT2D eigenvalue weighted by molar-refractivity contribution is 7.12. The number of aryl methyl sites for hydroxylation is 2. The molecule has 0 amide bonds. The average Bonchev–Trinajstić information content (AvgIpc) is 2.74. The Labute approximate surface area is 126 Å². The molecule has 114 valence electrons. The number of thiophene rings is 1. The highest BCUT2D eigenvalue weighted by atomic mass is 32.1. The first-order chi connectivity index (χ1) is 9.81. The normalized spacial score (nSPS) is 13.4. The largest absolute Gasteiger partial charge is 0.416 e. The Morgan fingerprint density at radius 2 is 1.76 bits per heavy atom. The first kappa shape index (κ1) is 16.0. The Morgan fingerprint density at radius 3 is 2.19 bits per heavy atom. The Hall–Kier alpha value is -1.33. The lowest BCUT2D eigenvalue weighted by Crippen LogP contribution is -2.18. The first-order valence-electron chi connectivity index (χ1n) is 6.71. The van der Waals surface area contributed by atoms with Gasteiger partial charge in [0.25, 0.3) is 0 Å². The first-order valence-corrected chi connectivity index (χ1v) is 7.53. The van der Waals surface area contributed by atoms with Gasteiger partial charge in [0.15, 0.2) is 0 Å². The molecule has 21 heavy (non-hydrogen) atoms. The SMILES string of the molecule is CNC(Cc1ccc(C(F)(F)F)cc1)c1sc(C)cc1C. The van der Waals surface area contributed by atoms with Crippen molar-refractivity contribution in [2.45, 2.75) is 32.5 Å². The highest BCUT2D eigenvalue weighted by Gasteiger charge is 2.30. The number of benzene rings is 1. The van der Waals surface area contributed by atoms with Gasteiger partial charge in [-0.25, -0.2) is 0 Å². The molecule has 1 aromatic heterocycles. The van der Waals surface area contributed by atoms with E-state index >= 15 is 0 Å². The molecule has 1 nitrogen and oxygen atoms in total. The van der Waals surface area contributed by atoms with Crippen LogP contribution in [0.3, 0.4) is 0 Å². The molecular formula is C16H18F3NS. The van der Waals surface area contributed by atoms with Gasteiger partial charge in [0, 0.05) is 15.8 Å². The fourth-order valence-corrected chi connectivity index (χ4v) is 3.54. The van der Waals surface area contributed by atoms with Gasteiger partial charge in [-0.1, -0.05) is 12.1 Å². The van der Waals surface area contributed by atoms with Crippen LogP contribution in [0.25, 0.3) is 0 Å². The van der Waals surface area contributed by atoms with Gasteiger partial charge in [-0.15, -0.1) is 11.3 Å². The summed E-state index contributed by atoms with van der Waals surface area (Å²) >= 11 is 1.73. The highest BCUT2D eigenvalue weighted by Crippen LogP contribution is 2.32. The lowest BCUT2D eigenvalue weighted by molar-refractivity contribution is -0.137. The van der Waals surface area contributed by atoms with Gasteiger partial charge in [-0.05, 0) is 56.6 Å². The molecule has 0 bridgehead atoms. The molecule has 2 rings (SSSR count). The van der Waals surface area contributed by atoms with Crippen LogP contribution in [0, 0.1) is 13.8 Å². The molecule has 0 aliphatic heterocycles. The minimum Gasteiger partial charge on any atom is -0.312 e. The summed E-state index contributed by atoms with van der Waals surface area (Å²) in [5, 5.41) is 3.25. The number of hydrogen-bond donors (Lipinski definition) is 1. The third-order valence-corrected chi connectivity index (χ3v) is 4.73. The van der Waals surface area contributed by atoms with E-state index in [4.69, 9.17) is 0 Å². The summed E-state index contributed by atoms with van der Waals surface area (Å²) in [6.45, 7) is 4.13. The van der Waals surface area contributed by atoms with Crippen LogP contribution in [-0.4, -0.2) is 7.05 Å². The predicted octanol–water partition coefficient (Wildman–Crippen LogP) is 4.89. The molecule has 0 aliphatic rings. The zero-order valence-electron chi connectivity index (χ0n) is 12.2. The number of alkyl halides is 3. The van der Waals surface area contributed by atoms with E-state index in [-0.39, 0.29) is 6.04 Å². The second kappa shape index (κ2) is 6.20. The molecule has 0 saturated heterocycles. The summed E-state index contributed by atoms with van der Waals surface area (Å²) in [7, 11) is 1.88. The number of likely N-dealkylation sites (N-methyl/N-ethyl adjacent to an activating group) is 1. The minimum atomic E-state index is -4.28. The summed E-state index contributed by atoms with van der Waals surface area (Å²) in [6, 6.07) is 7.67. The molecule has 1 heterocycles. The van der Waals surface area contributed by atoms with E-state index in [1.807, 2.05) is 7.05 Å². The fraction of sp³-hybridized carbons (Fsp3) is 0.375. The van der Waals surface area contributed by atoms with Crippen molar-refractivity contribution in [2.75, 3.05) is 7.05 Å². The van der Waals surface area contributed by atoms with Crippen LogP contribution in [0.15, 0.2) is 30.3 Å². The average molecular weight is 313 g/mol. The maximum Gasteiger partial charge on any atom is 0.416 e. The third kappa shape index (κ3) is 3.86.